The summed E-state index contributed by atoms with van der Waals surface area (Å²) in [5.41, 5.74) is 1.19. The van der Waals surface area contributed by atoms with E-state index >= 15 is 0 Å². The van der Waals surface area contributed by atoms with E-state index in [0.717, 1.165) is 5.75 Å². The van der Waals surface area contributed by atoms with E-state index in [1.54, 1.807) is 0 Å². The smallest absolute Gasteiger partial charge is 0.223 e. The third kappa shape index (κ3) is 3.77. The van der Waals surface area contributed by atoms with Crippen molar-refractivity contribution in [1.29, 1.82) is 0 Å². The molecule has 3 heteroatoms. The van der Waals surface area contributed by atoms with Crippen LogP contribution >= 0.6 is 0 Å². The minimum absolute atomic E-state index is 0.168. The van der Waals surface area contributed by atoms with E-state index in [2.05, 4.69) is 17.0 Å². The Morgan fingerprint density at radius 3 is 2.38 bits per heavy atom. The Morgan fingerprint density at radius 2 is 1.62 bits per heavy atom. The van der Waals surface area contributed by atoms with Crippen LogP contribution in [0.4, 0.5) is 0 Å². The van der Waals surface area contributed by atoms with Gasteiger partial charge >= 0.3 is 0 Å². The van der Waals surface area contributed by atoms with Crippen molar-refractivity contribution >= 4 is 5.91 Å². The van der Waals surface area contributed by atoms with Gasteiger partial charge in [-0.1, -0.05) is 61.4 Å². The van der Waals surface area contributed by atoms with E-state index in [0.29, 0.717) is 37.3 Å². The lowest BCUT2D eigenvalue weighted by Crippen LogP contribution is -2.55. The number of para-hydroxylation sites is 1. The van der Waals surface area contributed by atoms with Crippen LogP contribution in [0.1, 0.15) is 37.7 Å². The van der Waals surface area contributed by atoms with Crippen molar-refractivity contribution in [3.05, 3.63) is 66.2 Å². The van der Waals surface area contributed by atoms with Crippen molar-refractivity contribution in [2.24, 2.45) is 11.8 Å². The monoisotopic (exact) mass is 349 g/mol. The Bertz CT molecular complexity index is 716. The zero-order valence-electron chi connectivity index (χ0n) is 15.2. The van der Waals surface area contributed by atoms with Crippen LogP contribution in [-0.4, -0.2) is 23.5 Å². The molecule has 0 radical (unpaired) electrons. The van der Waals surface area contributed by atoms with Crippen molar-refractivity contribution < 1.29 is 9.53 Å². The molecule has 1 amide bonds. The molecule has 0 N–H and O–H groups in total. The summed E-state index contributed by atoms with van der Waals surface area (Å²) in [5, 5.41) is 0. The van der Waals surface area contributed by atoms with Gasteiger partial charge in [0.05, 0.1) is 6.04 Å². The Labute approximate surface area is 156 Å². The van der Waals surface area contributed by atoms with E-state index in [1.165, 1.54) is 31.2 Å². The number of hydrogen-bond donors (Lipinski definition) is 0. The predicted octanol–water partition coefficient (Wildman–Crippen LogP) is 4.67. The third-order valence-corrected chi connectivity index (χ3v) is 5.98. The molecule has 2 aromatic rings. The normalized spacial score (nSPS) is 25.6. The highest BCUT2D eigenvalue weighted by Crippen LogP contribution is 2.41. The first-order chi connectivity index (χ1) is 12.8. The van der Waals surface area contributed by atoms with Crippen molar-refractivity contribution in [3.63, 3.8) is 0 Å². The van der Waals surface area contributed by atoms with Gasteiger partial charge in [0.15, 0.2) is 0 Å². The molecule has 1 aliphatic carbocycles. The van der Waals surface area contributed by atoms with Crippen LogP contribution in [0.25, 0.3) is 0 Å². The van der Waals surface area contributed by atoms with Gasteiger partial charge in [-0.25, -0.2) is 0 Å². The average Bonchev–Trinajstić information content (AvgIpc) is 2.69. The van der Waals surface area contributed by atoms with E-state index in [4.69, 9.17) is 4.74 Å². The highest BCUT2D eigenvalue weighted by molar-refractivity contribution is 5.78. The largest absolute Gasteiger partial charge is 0.491 e. The fraction of sp³-hybridized carbons (Fsp3) is 0.435. The minimum atomic E-state index is 0.168. The molecule has 2 fully saturated rings. The van der Waals surface area contributed by atoms with Gasteiger partial charge in [-0.15, -0.1) is 0 Å². The van der Waals surface area contributed by atoms with Crippen molar-refractivity contribution in [2.75, 3.05) is 6.61 Å². The molecule has 3 atom stereocenters. The van der Waals surface area contributed by atoms with E-state index in [1.807, 2.05) is 48.5 Å². The second-order valence-electron chi connectivity index (χ2n) is 7.61. The molecule has 0 spiro atoms. The number of amides is 1. The van der Waals surface area contributed by atoms with Crippen LogP contribution in [0.2, 0.25) is 0 Å². The number of fused-ring (bicyclic) bond motifs is 1. The maximum absolute atomic E-state index is 12.9. The van der Waals surface area contributed by atoms with Gasteiger partial charge in [-0.2, -0.15) is 0 Å². The Hall–Kier alpha value is -2.29. The van der Waals surface area contributed by atoms with Gasteiger partial charge in [-0.05, 0) is 42.4 Å². The van der Waals surface area contributed by atoms with E-state index in [9.17, 15) is 4.79 Å². The molecule has 1 aliphatic heterocycles. The summed E-state index contributed by atoms with van der Waals surface area (Å²) in [4.78, 5) is 15.0. The summed E-state index contributed by atoms with van der Waals surface area (Å²) in [6.45, 7) is 1.27. The summed E-state index contributed by atoms with van der Waals surface area (Å²) < 4.78 is 6.12. The van der Waals surface area contributed by atoms with E-state index in [-0.39, 0.29) is 6.04 Å². The molecule has 136 valence electrons. The molecule has 1 saturated carbocycles. The van der Waals surface area contributed by atoms with Gasteiger partial charge in [0.1, 0.15) is 12.4 Å². The van der Waals surface area contributed by atoms with Gasteiger partial charge in [0, 0.05) is 13.0 Å². The summed E-state index contributed by atoms with van der Waals surface area (Å²) in [7, 11) is 0. The third-order valence-electron chi connectivity index (χ3n) is 5.98. The van der Waals surface area contributed by atoms with Crippen molar-refractivity contribution in [1.82, 2.24) is 4.90 Å². The lowest BCUT2D eigenvalue weighted by molar-refractivity contribution is -0.145. The number of piperidine rings is 1. The number of hydrogen-bond acceptors (Lipinski definition) is 2. The highest BCUT2D eigenvalue weighted by Gasteiger charge is 2.43. The van der Waals surface area contributed by atoms with Gasteiger partial charge in [0.25, 0.3) is 0 Å². The van der Waals surface area contributed by atoms with Gasteiger partial charge in [0.2, 0.25) is 5.91 Å². The number of carbonyl (C=O) groups excluding carboxylic acids is 1. The second kappa shape index (κ2) is 7.94. The standard InChI is InChI=1S/C23H27NO2/c25-23-15-19-11-7-8-14-21(19)22(17-26-20-12-5-2-6-13-20)24(23)16-18-9-3-1-4-10-18/h1-6,9-10,12-13,19,21-22H,7-8,11,14-17H2. The minimum Gasteiger partial charge on any atom is -0.491 e. The first kappa shape index (κ1) is 17.1. The van der Waals surface area contributed by atoms with Crippen LogP contribution in [0.15, 0.2) is 60.7 Å². The van der Waals surface area contributed by atoms with E-state index < -0.39 is 0 Å². The van der Waals surface area contributed by atoms with Crippen LogP contribution < -0.4 is 4.74 Å². The maximum atomic E-state index is 12.9. The Balaban J connectivity index is 1.55. The number of rotatable bonds is 5. The van der Waals surface area contributed by atoms with Crippen LogP contribution in [0.3, 0.4) is 0 Å². The molecule has 3 nitrogen and oxygen atoms in total. The van der Waals surface area contributed by atoms with Crippen molar-refractivity contribution in [3.8, 4) is 5.75 Å². The summed E-state index contributed by atoms with van der Waals surface area (Å²) in [5.74, 6) is 2.28. The Morgan fingerprint density at radius 1 is 0.923 bits per heavy atom. The molecule has 3 unspecified atom stereocenters. The molecular formula is C23H27NO2. The lowest BCUT2D eigenvalue weighted by Gasteiger charge is -2.47. The quantitative estimate of drug-likeness (QED) is 0.785. The summed E-state index contributed by atoms with van der Waals surface area (Å²) in [6.07, 6.45) is 5.65. The second-order valence-corrected chi connectivity index (χ2v) is 7.61. The molecule has 4 rings (SSSR count). The molecule has 1 heterocycles. The number of carbonyl (C=O) groups is 1. The number of nitrogens with zero attached hydrogens (tertiary/aromatic N) is 1. The number of ether oxygens (including phenoxy) is 1. The molecule has 1 saturated heterocycles. The molecular weight excluding hydrogens is 322 g/mol. The molecule has 0 bridgehead atoms. The topological polar surface area (TPSA) is 29.5 Å². The average molecular weight is 349 g/mol. The van der Waals surface area contributed by atoms with Crippen LogP contribution in [0.5, 0.6) is 5.75 Å². The molecule has 2 aliphatic rings. The number of benzene rings is 2. The zero-order chi connectivity index (χ0) is 17.8. The predicted molar refractivity (Wildman–Crippen MR) is 103 cm³/mol. The van der Waals surface area contributed by atoms with Crippen LogP contribution in [-0.2, 0) is 11.3 Å². The Kier molecular flexibility index (Phi) is 5.24. The van der Waals surface area contributed by atoms with Crippen LogP contribution in [0, 0.1) is 11.8 Å². The fourth-order valence-electron chi connectivity index (χ4n) is 4.65. The summed E-state index contributed by atoms with van der Waals surface area (Å²) in [6, 6.07) is 20.5. The van der Waals surface area contributed by atoms with Gasteiger partial charge < -0.3 is 9.64 Å². The first-order valence-corrected chi connectivity index (χ1v) is 9.82. The molecule has 2 aromatic carbocycles. The zero-order valence-corrected chi connectivity index (χ0v) is 15.2. The SMILES string of the molecule is O=C1CC2CCCCC2C(COc2ccccc2)N1Cc1ccccc1. The summed E-state index contributed by atoms with van der Waals surface area (Å²) >= 11 is 0. The fourth-order valence-corrected chi connectivity index (χ4v) is 4.65. The highest BCUT2D eigenvalue weighted by atomic mass is 16.5. The number of likely N-dealkylation sites (tertiary alicyclic amines) is 1. The molecule has 26 heavy (non-hydrogen) atoms. The lowest BCUT2D eigenvalue weighted by atomic mass is 9.70. The maximum Gasteiger partial charge on any atom is 0.223 e. The first-order valence-electron chi connectivity index (χ1n) is 9.82. The van der Waals surface area contributed by atoms with Crippen molar-refractivity contribution in [2.45, 2.75) is 44.7 Å². The van der Waals surface area contributed by atoms with Gasteiger partial charge in [-0.3, -0.25) is 4.79 Å². The molecule has 0 aromatic heterocycles.